The summed E-state index contributed by atoms with van der Waals surface area (Å²) in [6.07, 6.45) is -3.13. The first-order valence-corrected chi connectivity index (χ1v) is 5.43. The van der Waals surface area contributed by atoms with Crippen LogP contribution in [0.4, 0.5) is 13.2 Å². The van der Waals surface area contributed by atoms with Crippen molar-refractivity contribution in [3.63, 3.8) is 0 Å². The van der Waals surface area contributed by atoms with Crippen molar-refractivity contribution < 1.29 is 27.8 Å². The van der Waals surface area contributed by atoms with Gasteiger partial charge in [0, 0.05) is 10.9 Å². The third-order valence-corrected chi connectivity index (χ3v) is 2.74. The lowest BCUT2D eigenvalue weighted by Gasteiger charge is -2.12. The standard InChI is InChI=1S/C12H9F3N2O3/c1-4-6(13)3-5-7(9(14)15)8(12(18)19)11(20-2)17-10(5)16-4/h3,9H,1-2H3,(H,18,19). The molecule has 0 saturated carbocycles. The lowest BCUT2D eigenvalue weighted by atomic mass is 10.0. The molecule has 0 aliphatic heterocycles. The zero-order valence-corrected chi connectivity index (χ0v) is 10.4. The number of halogens is 3. The molecule has 8 heteroatoms. The minimum absolute atomic E-state index is 0.0321. The van der Waals surface area contributed by atoms with E-state index in [0.29, 0.717) is 0 Å². The van der Waals surface area contributed by atoms with Crippen LogP contribution in [0.3, 0.4) is 0 Å². The summed E-state index contributed by atoms with van der Waals surface area (Å²) < 4.78 is 44.5. The van der Waals surface area contributed by atoms with E-state index >= 15 is 0 Å². The molecule has 2 rings (SSSR count). The van der Waals surface area contributed by atoms with E-state index in [9.17, 15) is 18.0 Å². The molecule has 2 aromatic rings. The highest BCUT2D eigenvalue weighted by molar-refractivity contribution is 5.98. The van der Waals surface area contributed by atoms with Crippen LogP contribution in [-0.4, -0.2) is 28.2 Å². The molecule has 106 valence electrons. The van der Waals surface area contributed by atoms with Crippen molar-refractivity contribution in [1.82, 2.24) is 9.97 Å². The Hall–Kier alpha value is -2.38. The molecule has 0 aliphatic carbocycles. The first-order valence-electron chi connectivity index (χ1n) is 5.43. The highest BCUT2D eigenvalue weighted by Crippen LogP contribution is 2.35. The Balaban J connectivity index is 2.99. The van der Waals surface area contributed by atoms with E-state index in [1.54, 1.807) is 0 Å². The van der Waals surface area contributed by atoms with Gasteiger partial charge in [0.05, 0.1) is 12.8 Å². The number of carbonyl (C=O) groups is 1. The fourth-order valence-electron chi connectivity index (χ4n) is 1.83. The highest BCUT2D eigenvalue weighted by Gasteiger charge is 2.28. The second kappa shape index (κ2) is 4.95. The average molecular weight is 286 g/mol. The summed E-state index contributed by atoms with van der Waals surface area (Å²) in [5, 5.41) is 8.70. The molecule has 0 bridgehead atoms. The van der Waals surface area contributed by atoms with Crippen molar-refractivity contribution in [1.29, 1.82) is 0 Å². The van der Waals surface area contributed by atoms with E-state index in [1.807, 2.05) is 0 Å². The number of nitrogens with zero attached hydrogens (tertiary/aromatic N) is 2. The van der Waals surface area contributed by atoms with Crippen LogP contribution in [0.1, 0.15) is 28.0 Å². The van der Waals surface area contributed by atoms with Crippen LogP contribution >= 0.6 is 0 Å². The van der Waals surface area contributed by atoms with Gasteiger partial charge in [-0.05, 0) is 13.0 Å². The molecule has 0 aliphatic rings. The number of aromatic carboxylic acids is 1. The minimum Gasteiger partial charge on any atom is -0.480 e. The Morgan fingerprint density at radius 3 is 2.55 bits per heavy atom. The molecule has 0 saturated heterocycles. The number of methoxy groups -OCH3 is 1. The maximum atomic E-state index is 13.5. The summed E-state index contributed by atoms with van der Waals surface area (Å²) >= 11 is 0. The van der Waals surface area contributed by atoms with Gasteiger partial charge in [0.15, 0.2) is 5.65 Å². The largest absolute Gasteiger partial charge is 0.480 e. The van der Waals surface area contributed by atoms with Gasteiger partial charge in [-0.3, -0.25) is 0 Å². The van der Waals surface area contributed by atoms with Crippen LogP contribution in [0.25, 0.3) is 11.0 Å². The quantitative estimate of drug-likeness (QED) is 0.939. The monoisotopic (exact) mass is 286 g/mol. The number of carboxylic acids is 1. The van der Waals surface area contributed by atoms with Gasteiger partial charge >= 0.3 is 5.97 Å². The van der Waals surface area contributed by atoms with Gasteiger partial charge in [0.1, 0.15) is 11.4 Å². The van der Waals surface area contributed by atoms with E-state index in [-0.39, 0.29) is 16.7 Å². The van der Waals surface area contributed by atoms with Gasteiger partial charge in [-0.2, -0.15) is 4.98 Å². The molecule has 0 unspecified atom stereocenters. The summed E-state index contributed by atoms with van der Waals surface area (Å²) in [4.78, 5) is 18.6. The van der Waals surface area contributed by atoms with E-state index in [0.717, 1.165) is 13.2 Å². The number of hydrogen-bond acceptors (Lipinski definition) is 4. The van der Waals surface area contributed by atoms with Crippen LogP contribution < -0.4 is 4.74 Å². The van der Waals surface area contributed by atoms with Crippen LogP contribution in [0, 0.1) is 12.7 Å². The molecule has 0 aromatic carbocycles. The van der Waals surface area contributed by atoms with Crippen molar-refractivity contribution in [2.45, 2.75) is 13.3 Å². The fraction of sp³-hybridized carbons (Fsp3) is 0.250. The van der Waals surface area contributed by atoms with Crippen LogP contribution in [0.2, 0.25) is 0 Å². The highest BCUT2D eigenvalue weighted by atomic mass is 19.3. The first-order chi connectivity index (χ1) is 9.36. The molecule has 0 atom stereocenters. The van der Waals surface area contributed by atoms with Gasteiger partial charge in [-0.15, -0.1) is 0 Å². The maximum absolute atomic E-state index is 13.5. The SMILES string of the molecule is COc1nc2nc(C)c(F)cc2c(C(F)F)c1C(=O)O. The topological polar surface area (TPSA) is 72.3 Å². The number of carboxylic acid groups (broad SMARTS) is 1. The molecular formula is C12H9F3N2O3. The summed E-state index contributed by atoms with van der Waals surface area (Å²) in [7, 11) is 1.10. The maximum Gasteiger partial charge on any atom is 0.341 e. The number of fused-ring (bicyclic) bond motifs is 1. The third-order valence-electron chi connectivity index (χ3n) is 2.74. The fourth-order valence-corrected chi connectivity index (χ4v) is 1.83. The Kier molecular flexibility index (Phi) is 3.47. The van der Waals surface area contributed by atoms with E-state index in [4.69, 9.17) is 9.84 Å². The molecule has 0 radical (unpaired) electrons. The molecule has 0 spiro atoms. The molecule has 2 heterocycles. The van der Waals surface area contributed by atoms with Crippen molar-refractivity contribution in [3.8, 4) is 5.88 Å². The zero-order chi connectivity index (χ0) is 15.0. The van der Waals surface area contributed by atoms with E-state index in [1.165, 1.54) is 6.92 Å². The van der Waals surface area contributed by atoms with Crippen LogP contribution in [-0.2, 0) is 0 Å². The lowest BCUT2D eigenvalue weighted by molar-refractivity contribution is 0.0680. The predicted octanol–water partition coefficient (Wildman–Crippen LogP) is 2.72. The van der Waals surface area contributed by atoms with Gasteiger partial charge in [-0.25, -0.2) is 22.9 Å². The van der Waals surface area contributed by atoms with Gasteiger partial charge < -0.3 is 9.84 Å². The van der Waals surface area contributed by atoms with Crippen molar-refractivity contribution in [2.75, 3.05) is 7.11 Å². The second-order valence-electron chi connectivity index (χ2n) is 3.94. The number of hydrogen-bond donors (Lipinski definition) is 1. The van der Waals surface area contributed by atoms with Crippen LogP contribution in [0.15, 0.2) is 6.07 Å². The summed E-state index contributed by atoms with van der Waals surface area (Å²) in [6.45, 7) is 1.34. The summed E-state index contributed by atoms with van der Waals surface area (Å²) in [5.41, 5.74) is -1.87. The summed E-state index contributed by atoms with van der Waals surface area (Å²) in [5.74, 6) is -2.94. The Bertz CT molecular complexity index is 704. The lowest BCUT2D eigenvalue weighted by Crippen LogP contribution is -2.10. The van der Waals surface area contributed by atoms with Crippen LogP contribution in [0.5, 0.6) is 5.88 Å². The predicted molar refractivity (Wildman–Crippen MR) is 62.7 cm³/mol. The number of aryl methyl sites for hydroxylation is 1. The number of aromatic nitrogens is 2. The van der Waals surface area contributed by atoms with Crippen molar-refractivity contribution in [3.05, 3.63) is 28.7 Å². The number of alkyl halides is 2. The first kappa shape index (κ1) is 14.0. The van der Waals surface area contributed by atoms with Gasteiger partial charge in [0.25, 0.3) is 6.43 Å². The van der Waals surface area contributed by atoms with Gasteiger partial charge in [-0.1, -0.05) is 0 Å². The molecule has 20 heavy (non-hydrogen) atoms. The number of ether oxygens (including phenoxy) is 1. The minimum atomic E-state index is -3.13. The Morgan fingerprint density at radius 1 is 1.40 bits per heavy atom. The zero-order valence-electron chi connectivity index (χ0n) is 10.4. The molecule has 2 aromatic heterocycles. The second-order valence-corrected chi connectivity index (χ2v) is 3.94. The van der Waals surface area contributed by atoms with E-state index in [2.05, 4.69) is 9.97 Å². The van der Waals surface area contributed by atoms with E-state index < -0.39 is 35.2 Å². The van der Waals surface area contributed by atoms with Crippen molar-refractivity contribution in [2.24, 2.45) is 0 Å². The number of rotatable bonds is 3. The summed E-state index contributed by atoms with van der Waals surface area (Å²) in [6, 6.07) is 0.804. The average Bonchev–Trinajstić information content (AvgIpc) is 2.37. The Labute approximate surface area is 111 Å². The number of pyridine rings is 2. The molecule has 5 nitrogen and oxygen atoms in total. The molecule has 0 fully saturated rings. The smallest absolute Gasteiger partial charge is 0.341 e. The van der Waals surface area contributed by atoms with Gasteiger partial charge in [0.2, 0.25) is 5.88 Å². The normalized spacial score (nSPS) is 11.1. The molecular weight excluding hydrogens is 277 g/mol. The third kappa shape index (κ3) is 2.13. The van der Waals surface area contributed by atoms with Crippen molar-refractivity contribution >= 4 is 17.0 Å². The molecule has 0 amide bonds. The molecule has 1 N–H and O–H groups in total. The Morgan fingerprint density at radius 2 is 2.05 bits per heavy atom.